The Labute approximate surface area is 146 Å². The third-order valence-corrected chi connectivity index (χ3v) is 4.02. The number of carbonyl (C=O) groups excluding carboxylic acids is 2. The highest BCUT2D eigenvalue weighted by Crippen LogP contribution is 2.23. The number of rotatable bonds is 4. The van der Waals surface area contributed by atoms with Crippen LogP contribution in [0.3, 0.4) is 0 Å². The maximum absolute atomic E-state index is 12.6. The van der Waals surface area contributed by atoms with Gasteiger partial charge in [-0.1, -0.05) is 6.07 Å². The van der Waals surface area contributed by atoms with Crippen LogP contribution in [0.2, 0.25) is 0 Å². The van der Waals surface area contributed by atoms with Crippen molar-refractivity contribution >= 4 is 29.0 Å². The van der Waals surface area contributed by atoms with Crippen molar-refractivity contribution < 1.29 is 9.59 Å². The van der Waals surface area contributed by atoms with E-state index in [1.54, 1.807) is 35.5 Å². The van der Waals surface area contributed by atoms with Gasteiger partial charge in [-0.05, 0) is 30.7 Å². The molecule has 2 N–H and O–H groups in total. The maximum atomic E-state index is 12.6. The van der Waals surface area contributed by atoms with Gasteiger partial charge in [-0.15, -0.1) is 0 Å². The number of nitrogens with zero attached hydrogens (tertiary/aromatic N) is 3. The highest BCUT2D eigenvalue weighted by Gasteiger charge is 2.20. The molecule has 7 heteroatoms. The van der Waals surface area contributed by atoms with Crippen molar-refractivity contribution in [2.75, 3.05) is 42.3 Å². The van der Waals surface area contributed by atoms with E-state index in [1.165, 1.54) is 0 Å². The zero-order valence-corrected chi connectivity index (χ0v) is 14.3. The number of benzene rings is 1. The largest absolute Gasteiger partial charge is 0.377 e. The number of nitrogens with one attached hydrogen (secondary N) is 2. The average Bonchev–Trinajstić information content (AvgIpc) is 2.62. The van der Waals surface area contributed by atoms with E-state index in [-0.39, 0.29) is 11.9 Å². The summed E-state index contributed by atoms with van der Waals surface area (Å²) in [7, 11) is 3.75. The monoisotopic (exact) mass is 339 g/mol. The first-order chi connectivity index (χ1) is 12.1. The Morgan fingerprint density at radius 1 is 1.32 bits per heavy atom. The molecule has 0 atom stereocenters. The Kier molecular flexibility index (Phi) is 4.83. The minimum atomic E-state index is -0.239. The number of urea groups is 1. The Balaban J connectivity index is 1.81. The molecule has 0 aliphatic carbocycles. The summed E-state index contributed by atoms with van der Waals surface area (Å²) >= 11 is 0. The topological polar surface area (TPSA) is 77.6 Å². The molecule has 1 saturated heterocycles. The lowest BCUT2D eigenvalue weighted by molar-refractivity contribution is 0.102. The first-order valence-electron chi connectivity index (χ1n) is 8.14. The van der Waals surface area contributed by atoms with E-state index in [0.29, 0.717) is 24.3 Å². The predicted octanol–water partition coefficient (Wildman–Crippen LogP) is 2.32. The summed E-state index contributed by atoms with van der Waals surface area (Å²) in [6, 6.07) is 8.96. The Morgan fingerprint density at radius 3 is 2.92 bits per heavy atom. The van der Waals surface area contributed by atoms with Gasteiger partial charge in [-0.3, -0.25) is 14.7 Å². The number of hydrogen-bond donors (Lipinski definition) is 2. The quantitative estimate of drug-likeness (QED) is 0.896. The second-order valence-corrected chi connectivity index (χ2v) is 6.03. The van der Waals surface area contributed by atoms with Gasteiger partial charge in [0.1, 0.15) is 0 Å². The molecule has 3 rings (SSSR count). The fourth-order valence-electron chi connectivity index (χ4n) is 2.78. The number of hydrogen-bond acceptors (Lipinski definition) is 4. The molecule has 0 spiro atoms. The van der Waals surface area contributed by atoms with Gasteiger partial charge < -0.3 is 15.5 Å². The Hall–Kier alpha value is -3.09. The van der Waals surface area contributed by atoms with Crippen LogP contribution in [0.25, 0.3) is 0 Å². The standard InChI is InChI=1S/C18H21N5O2/c1-22(2)16-7-9-19-12-15(16)17(24)21-13-5-3-6-14(11-13)23-10-4-8-20-18(23)25/h3,5-7,9,11-12H,4,8,10H2,1-2H3,(H,20,25)(H,21,24). The van der Waals surface area contributed by atoms with Crippen LogP contribution in [0.5, 0.6) is 0 Å². The zero-order chi connectivity index (χ0) is 17.8. The molecule has 1 aromatic heterocycles. The molecule has 0 saturated carbocycles. The molecule has 3 amide bonds. The Morgan fingerprint density at radius 2 is 2.16 bits per heavy atom. The number of pyridine rings is 1. The van der Waals surface area contributed by atoms with Crippen LogP contribution in [0.4, 0.5) is 21.9 Å². The van der Waals surface area contributed by atoms with Crippen LogP contribution in [0, 0.1) is 0 Å². The summed E-state index contributed by atoms with van der Waals surface area (Å²) in [6.45, 7) is 1.36. The molecule has 0 unspecified atom stereocenters. The van der Waals surface area contributed by atoms with Gasteiger partial charge in [0.15, 0.2) is 0 Å². The number of anilines is 3. The van der Waals surface area contributed by atoms with Crippen LogP contribution in [0.1, 0.15) is 16.8 Å². The zero-order valence-electron chi connectivity index (χ0n) is 14.3. The van der Waals surface area contributed by atoms with E-state index in [0.717, 1.165) is 17.8 Å². The van der Waals surface area contributed by atoms with Gasteiger partial charge in [0.05, 0.1) is 11.3 Å². The van der Waals surface area contributed by atoms with Gasteiger partial charge >= 0.3 is 6.03 Å². The molecular formula is C18H21N5O2. The molecule has 1 aromatic carbocycles. The molecule has 1 aliphatic heterocycles. The summed E-state index contributed by atoms with van der Waals surface area (Å²) in [5.74, 6) is -0.239. The van der Waals surface area contributed by atoms with Crippen molar-refractivity contribution in [2.45, 2.75) is 6.42 Å². The van der Waals surface area contributed by atoms with E-state index < -0.39 is 0 Å². The van der Waals surface area contributed by atoms with Crippen LogP contribution >= 0.6 is 0 Å². The summed E-state index contributed by atoms with van der Waals surface area (Å²) < 4.78 is 0. The second kappa shape index (κ2) is 7.21. The van der Waals surface area contributed by atoms with Crippen molar-refractivity contribution in [2.24, 2.45) is 0 Å². The lowest BCUT2D eigenvalue weighted by atomic mass is 10.2. The first-order valence-corrected chi connectivity index (χ1v) is 8.14. The molecule has 7 nitrogen and oxygen atoms in total. The van der Waals surface area contributed by atoms with Gasteiger partial charge in [0, 0.05) is 51.0 Å². The van der Waals surface area contributed by atoms with Crippen molar-refractivity contribution in [3.63, 3.8) is 0 Å². The van der Waals surface area contributed by atoms with Gasteiger partial charge in [0.25, 0.3) is 5.91 Å². The number of aromatic nitrogens is 1. The lowest BCUT2D eigenvalue weighted by Crippen LogP contribution is -2.46. The molecule has 2 aromatic rings. The van der Waals surface area contributed by atoms with Crippen molar-refractivity contribution in [3.8, 4) is 0 Å². The van der Waals surface area contributed by atoms with E-state index in [1.807, 2.05) is 31.1 Å². The summed E-state index contributed by atoms with van der Waals surface area (Å²) in [5.41, 5.74) is 2.68. The van der Waals surface area contributed by atoms with Gasteiger partial charge in [-0.2, -0.15) is 0 Å². The molecule has 0 radical (unpaired) electrons. The van der Waals surface area contributed by atoms with Crippen LogP contribution in [-0.2, 0) is 0 Å². The molecule has 25 heavy (non-hydrogen) atoms. The predicted molar refractivity (Wildman–Crippen MR) is 98.3 cm³/mol. The first kappa shape index (κ1) is 16.8. The van der Waals surface area contributed by atoms with Gasteiger partial charge in [-0.25, -0.2) is 4.79 Å². The molecule has 2 heterocycles. The van der Waals surface area contributed by atoms with Crippen molar-refractivity contribution in [1.29, 1.82) is 0 Å². The summed E-state index contributed by atoms with van der Waals surface area (Å²) in [5, 5.41) is 5.71. The molecular weight excluding hydrogens is 318 g/mol. The normalized spacial score (nSPS) is 14.0. The summed E-state index contributed by atoms with van der Waals surface area (Å²) in [6.07, 6.45) is 4.10. The van der Waals surface area contributed by atoms with E-state index in [9.17, 15) is 9.59 Å². The second-order valence-electron chi connectivity index (χ2n) is 6.03. The molecule has 0 bridgehead atoms. The third kappa shape index (κ3) is 3.71. The van der Waals surface area contributed by atoms with Crippen LogP contribution < -0.4 is 20.4 Å². The van der Waals surface area contributed by atoms with E-state index >= 15 is 0 Å². The fourth-order valence-corrected chi connectivity index (χ4v) is 2.78. The van der Waals surface area contributed by atoms with Gasteiger partial charge in [0.2, 0.25) is 0 Å². The molecule has 130 valence electrons. The average molecular weight is 339 g/mol. The number of carbonyl (C=O) groups is 2. The van der Waals surface area contributed by atoms with Crippen molar-refractivity contribution in [1.82, 2.24) is 10.3 Å². The van der Waals surface area contributed by atoms with E-state index in [4.69, 9.17) is 0 Å². The Bertz CT molecular complexity index is 791. The fraction of sp³-hybridized carbons (Fsp3) is 0.278. The smallest absolute Gasteiger partial charge is 0.321 e. The lowest BCUT2D eigenvalue weighted by Gasteiger charge is -2.27. The van der Waals surface area contributed by atoms with Crippen molar-refractivity contribution in [3.05, 3.63) is 48.3 Å². The summed E-state index contributed by atoms with van der Waals surface area (Å²) in [4.78, 5) is 32.2. The number of amides is 3. The SMILES string of the molecule is CN(C)c1ccncc1C(=O)Nc1cccc(N2CCCNC2=O)c1. The minimum Gasteiger partial charge on any atom is -0.377 e. The van der Waals surface area contributed by atoms with Crippen LogP contribution in [-0.4, -0.2) is 44.1 Å². The van der Waals surface area contributed by atoms with Crippen LogP contribution in [0.15, 0.2) is 42.7 Å². The highest BCUT2D eigenvalue weighted by atomic mass is 16.2. The molecule has 1 fully saturated rings. The molecule has 1 aliphatic rings. The minimum absolute atomic E-state index is 0.114. The van der Waals surface area contributed by atoms with E-state index in [2.05, 4.69) is 15.6 Å². The maximum Gasteiger partial charge on any atom is 0.321 e. The highest BCUT2D eigenvalue weighted by molar-refractivity contribution is 6.08. The third-order valence-electron chi connectivity index (χ3n) is 4.02.